The molecule has 1 fully saturated rings. The van der Waals surface area contributed by atoms with E-state index in [0.717, 1.165) is 6.42 Å². The van der Waals surface area contributed by atoms with Crippen molar-refractivity contribution in [3.05, 3.63) is 12.5 Å². The summed E-state index contributed by atoms with van der Waals surface area (Å²) in [6.45, 7) is 8.28. The fourth-order valence-corrected chi connectivity index (χ4v) is 5.24. The van der Waals surface area contributed by atoms with Gasteiger partial charge in [0.05, 0.1) is 11.1 Å². The number of aromatic nitrogens is 2. The van der Waals surface area contributed by atoms with E-state index in [9.17, 15) is 12.6 Å². The Bertz CT molecular complexity index is 637. The van der Waals surface area contributed by atoms with E-state index in [1.54, 1.807) is 12.5 Å². The van der Waals surface area contributed by atoms with Gasteiger partial charge in [-0.1, -0.05) is 6.92 Å². The van der Waals surface area contributed by atoms with Crippen LogP contribution >= 0.6 is 0 Å². The quantitative estimate of drug-likeness (QED) is 0.834. The van der Waals surface area contributed by atoms with Gasteiger partial charge in [0, 0.05) is 41.9 Å². The van der Waals surface area contributed by atoms with Crippen LogP contribution in [-0.2, 0) is 20.8 Å². The third-order valence-electron chi connectivity index (χ3n) is 3.98. The number of imidazole rings is 1. The maximum absolute atomic E-state index is 12.7. The van der Waals surface area contributed by atoms with Gasteiger partial charge in [-0.3, -0.25) is 4.21 Å². The van der Waals surface area contributed by atoms with E-state index in [4.69, 9.17) is 0 Å². The van der Waals surface area contributed by atoms with Crippen LogP contribution in [0.3, 0.4) is 0 Å². The first kappa shape index (κ1) is 16.6. The molecule has 0 bridgehead atoms. The van der Waals surface area contributed by atoms with Crippen LogP contribution in [0.25, 0.3) is 0 Å². The molecule has 0 aliphatic carbocycles. The molecule has 6 nitrogen and oxygen atoms in total. The van der Waals surface area contributed by atoms with Crippen molar-refractivity contribution in [2.24, 2.45) is 0 Å². The Labute approximate surface area is 129 Å². The monoisotopic (exact) mass is 333 g/mol. The molecule has 120 valence electrons. The van der Waals surface area contributed by atoms with Crippen LogP contribution < -0.4 is 0 Å². The Morgan fingerprint density at radius 3 is 2.71 bits per heavy atom. The Balaban J connectivity index is 2.26. The molecule has 8 heteroatoms. The Morgan fingerprint density at radius 2 is 2.14 bits per heavy atom. The molecule has 0 N–H and O–H groups in total. The number of hydrogen-bond donors (Lipinski definition) is 0. The van der Waals surface area contributed by atoms with Gasteiger partial charge in [0.2, 0.25) is 0 Å². The Kier molecular flexibility index (Phi) is 4.60. The minimum Gasteiger partial charge on any atom is -0.333 e. The lowest BCUT2D eigenvalue weighted by molar-refractivity contribution is 0.377. The van der Waals surface area contributed by atoms with Gasteiger partial charge >= 0.3 is 0 Å². The summed E-state index contributed by atoms with van der Waals surface area (Å²) in [5.74, 6) is 0.373. The highest BCUT2D eigenvalue weighted by atomic mass is 32.2. The van der Waals surface area contributed by atoms with E-state index in [2.05, 4.69) is 4.98 Å². The van der Waals surface area contributed by atoms with Gasteiger partial charge in [-0.05, 0) is 27.2 Å². The SMILES string of the molecule is CC[C@H](C)n1cnc(S(=O)(=O)N2CC[S@@](=O)C(C)(C)C2)c1. The van der Waals surface area contributed by atoms with Gasteiger partial charge in [0.25, 0.3) is 10.0 Å². The minimum atomic E-state index is -3.61. The van der Waals surface area contributed by atoms with Crippen molar-refractivity contribution in [3.8, 4) is 0 Å². The molecule has 2 rings (SSSR count). The molecule has 2 atom stereocenters. The Morgan fingerprint density at radius 1 is 1.48 bits per heavy atom. The number of hydrogen-bond acceptors (Lipinski definition) is 4. The predicted molar refractivity (Wildman–Crippen MR) is 83.1 cm³/mol. The summed E-state index contributed by atoms with van der Waals surface area (Å²) in [7, 11) is -4.61. The zero-order chi connectivity index (χ0) is 15.8. The highest BCUT2D eigenvalue weighted by Crippen LogP contribution is 2.25. The van der Waals surface area contributed by atoms with E-state index in [0.29, 0.717) is 5.75 Å². The predicted octanol–water partition coefficient (Wildman–Crippen LogP) is 1.39. The van der Waals surface area contributed by atoms with E-state index >= 15 is 0 Å². The maximum atomic E-state index is 12.7. The Hall–Kier alpha value is -0.730. The second kappa shape index (κ2) is 5.81. The van der Waals surface area contributed by atoms with Crippen LogP contribution in [0, 0.1) is 0 Å². The van der Waals surface area contributed by atoms with E-state index in [1.807, 2.05) is 32.3 Å². The van der Waals surface area contributed by atoms with Crippen molar-refractivity contribution in [3.63, 3.8) is 0 Å². The van der Waals surface area contributed by atoms with Crippen LogP contribution in [0.2, 0.25) is 0 Å². The fraction of sp³-hybridized carbons (Fsp3) is 0.769. The third kappa shape index (κ3) is 3.22. The van der Waals surface area contributed by atoms with Crippen molar-refractivity contribution < 1.29 is 12.6 Å². The summed E-state index contributed by atoms with van der Waals surface area (Å²) in [5, 5.41) is 0.0753. The van der Waals surface area contributed by atoms with Crippen molar-refractivity contribution >= 4 is 20.8 Å². The summed E-state index contributed by atoms with van der Waals surface area (Å²) in [5.41, 5.74) is 0. The highest BCUT2D eigenvalue weighted by Gasteiger charge is 2.39. The number of rotatable bonds is 4. The molecule has 2 heterocycles. The zero-order valence-electron chi connectivity index (χ0n) is 12.9. The fourth-order valence-electron chi connectivity index (χ4n) is 2.28. The van der Waals surface area contributed by atoms with Gasteiger partial charge in [0.15, 0.2) is 5.03 Å². The summed E-state index contributed by atoms with van der Waals surface area (Å²) in [6, 6.07) is 0.215. The van der Waals surface area contributed by atoms with E-state index < -0.39 is 25.6 Å². The van der Waals surface area contributed by atoms with E-state index in [-0.39, 0.29) is 24.2 Å². The van der Waals surface area contributed by atoms with Crippen molar-refractivity contribution in [2.75, 3.05) is 18.8 Å². The molecule has 1 saturated heterocycles. The van der Waals surface area contributed by atoms with Crippen LogP contribution in [0.1, 0.15) is 40.2 Å². The van der Waals surface area contributed by atoms with E-state index in [1.165, 1.54) is 4.31 Å². The first-order chi connectivity index (χ1) is 9.68. The largest absolute Gasteiger partial charge is 0.333 e. The lowest BCUT2D eigenvalue weighted by Gasteiger charge is -2.35. The van der Waals surface area contributed by atoms with Crippen LogP contribution in [0.15, 0.2) is 17.6 Å². The second-order valence-electron chi connectivity index (χ2n) is 6.06. The summed E-state index contributed by atoms with van der Waals surface area (Å²) in [4.78, 5) is 4.06. The molecule has 1 aliphatic heterocycles. The lowest BCUT2D eigenvalue weighted by Crippen LogP contribution is -2.52. The summed E-state index contributed by atoms with van der Waals surface area (Å²) in [6.07, 6.45) is 4.06. The van der Waals surface area contributed by atoms with Crippen molar-refractivity contribution in [2.45, 2.75) is 49.9 Å². The zero-order valence-corrected chi connectivity index (χ0v) is 14.6. The molecule has 0 unspecified atom stereocenters. The molecule has 0 aromatic carbocycles. The smallest absolute Gasteiger partial charge is 0.262 e. The summed E-state index contributed by atoms with van der Waals surface area (Å²) >= 11 is 0. The topological polar surface area (TPSA) is 72.3 Å². The molecule has 21 heavy (non-hydrogen) atoms. The van der Waals surface area contributed by atoms with Crippen LogP contribution in [0.5, 0.6) is 0 Å². The third-order valence-corrected chi connectivity index (χ3v) is 7.63. The second-order valence-corrected chi connectivity index (χ2v) is 10.2. The first-order valence-electron chi connectivity index (χ1n) is 7.10. The van der Waals surface area contributed by atoms with Gasteiger partial charge < -0.3 is 4.57 Å². The molecule has 0 spiro atoms. The normalized spacial score (nSPS) is 24.9. The molecular formula is C13H23N3O3S2. The molecule has 0 saturated carbocycles. The van der Waals surface area contributed by atoms with Gasteiger partial charge in [-0.2, -0.15) is 4.31 Å². The minimum absolute atomic E-state index is 0.0753. The lowest BCUT2D eigenvalue weighted by atomic mass is 10.2. The number of sulfonamides is 1. The average molecular weight is 333 g/mol. The van der Waals surface area contributed by atoms with Gasteiger partial charge in [-0.25, -0.2) is 13.4 Å². The van der Waals surface area contributed by atoms with Crippen LogP contribution in [-0.4, -0.2) is 50.1 Å². The van der Waals surface area contributed by atoms with Crippen LogP contribution in [0.4, 0.5) is 0 Å². The molecular weight excluding hydrogens is 310 g/mol. The van der Waals surface area contributed by atoms with Crippen molar-refractivity contribution in [1.29, 1.82) is 0 Å². The standard InChI is InChI=1S/C13H23N3O3S2/c1-5-11(2)15-8-12(14-10-15)21(18,19)16-6-7-20(17)13(3,4)9-16/h8,10-11H,5-7,9H2,1-4H3/t11-,20+/m0/s1. The first-order valence-corrected chi connectivity index (χ1v) is 9.86. The summed E-state index contributed by atoms with van der Waals surface area (Å²) < 4.78 is 39.9. The number of nitrogens with zero attached hydrogens (tertiary/aromatic N) is 3. The molecule has 0 amide bonds. The molecule has 0 radical (unpaired) electrons. The molecule has 1 aromatic heterocycles. The molecule has 1 aromatic rings. The van der Waals surface area contributed by atoms with Gasteiger partial charge in [-0.15, -0.1) is 0 Å². The average Bonchev–Trinajstić information content (AvgIpc) is 2.91. The van der Waals surface area contributed by atoms with Crippen molar-refractivity contribution in [1.82, 2.24) is 13.9 Å². The highest BCUT2D eigenvalue weighted by molar-refractivity contribution is 7.89. The maximum Gasteiger partial charge on any atom is 0.262 e. The van der Waals surface area contributed by atoms with Gasteiger partial charge in [0.1, 0.15) is 0 Å². The molecule has 1 aliphatic rings.